The van der Waals surface area contributed by atoms with Crippen LogP contribution in [-0.4, -0.2) is 36.7 Å². The number of aliphatic hydroxyl groups excluding tert-OH is 1. The Morgan fingerprint density at radius 2 is 1.74 bits per heavy atom. The zero-order valence-electron chi connectivity index (χ0n) is 22.3. The number of esters is 1. The molecule has 0 aromatic carbocycles. The molecular weight excluding hydrogens is 426 g/mol. The Bertz CT molecular complexity index is 754. The molecule has 4 saturated carbocycles. The second-order valence-electron chi connectivity index (χ2n) is 12.9. The molecule has 194 valence electrons. The molecular formula is C29H49NO4. The molecule has 34 heavy (non-hydrogen) atoms. The highest BCUT2D eigenvalue weighted by Crippen LogP contribution is 2.69. The van der Waals surface area contributed by atoms with E-state index in [1.54, 1.807) is 0 Å². The van der Waals surface area contributed by atoms with Gasteiger partial charge in [0.15, 0.2) is 0 Å². The van der Waals surface area contributed by atoms with E-state index >= 15 is 0 Å². The van der Waals surface area contributed by atoms with Crippen LogP contribution in [0.3, 0.4) is 0 Å². The van der Waals surface area contributed by atoms with Gasteiger partial charge in [0.1, 0.15) is 6.54 Å². The largest absolute Gasteiger partial charge is 0.468 e. The van der Waals surface area contributed by atoms with Gasteiger partial charge in [0.05, 0.1) is 13.2 Å². The summed E-state index contributed by atoms with van der Waals surface area (Å²) in [6.45, 7) is 9.87. The van der Waals surface area contributed by atoms with E-state index in [-0.39, 0.29) is 18.6 Å². The zero-order valence-corrected chi connectivity index (χ0v) is 22.3. The van der Waals surface area contributed by atoms with Gasteiger partial charge in [-0.2, -0.15) is 0 Å². The molecule has 0 saturated heterocycles. The van der Waals surface area contributed by atoms with Crippen molar-refractivity contribution in [3.63, 3.8) is 0 Å². The topological polar surface area (TPSA) is 75.6 Å². The first-order valence-corrected chi connectivity index (χ1v) is 14.2. The van der Waals surface area contributed by atoms with Crippen LogP contribution in [0.5, 0.6) is 0 Å². The lowest BCUT2D eigenvalue weighted by Gasteiger charge is -2.63. The molecule has 0 radical (unpaired) electrons. The first kappa shape index (κ1) is 26.0. The van der Waals surface area contributed by atoms with E-state index in [2.05, 4.69) is 37.7 Å². The summed E-state index contributed by atoms with van der Waals surface area (Å²) < 4.78 is 4.62. The maximum atomic E-state index is 12.3. The standard InChI is InChI=1S/C29H49NO4/c1-6-19-15-21-23-9-8-22(18(2)7-10-26(32)30-17-27(33)34-5)28(23,3)14-12-24(21)29(4)13-11-20(31)16-25(19)29/h18-25,31H,6-17H2,1-5H3,(H,30,32)/t18-,19+,20-,21+,22-,23?,24?,25?,28-,29-/m1/s1. The van der Waals surface area contributed by atoms with Gasteiger partial charge < -0.3 is 15.2 Å². The van der Waals surface area contributed by atoms with Gasteiger partial charge in [-0.25, -0.2) is 0 Å². The van der Waals surface area contributed by atoms with E-state index in [0.717, 1.165) is 42.9 Å². The molecule has 0 heterocycles. The van der Waals surface area contributed by atoms with E-state index in [1.807, 2.05) is 0 Å². The highest BCUT2D eigenvalue weighted by atomic mass is 16.5. The van der Waals surface area contributed by atoms with Crippen molar-refractivity contribution in [3.8, 4) is 0 Å². The van der Waals surface area contributed by atoms with Gasteiger partial charge in [-0.1, -0.05) is 34.1 Å². The van der Waals surface area contributed by atoms with Gasteiger partial charge in [0.25, 0.3) is 0 Å². The summed E-state index contributed by atoms with van der Waals surface area (Å²) in [6.07, 6.45) is 12.5. The SMILES string of the molecule is CC[C@H]1C[C@@H]2C(CC[C@@]3(C)C2CC[C@@H]3[C@H](C)CCC(=O)NCC(=O)OC)[C@@]2(C)CC[C@@H](O)CC12. The minimum atomic E-state index is -0.398. The summed E-state index contributed by atoms with van der Waals surface area (Å²) in [4.78, 5) is 23.6. The first-order chi connectivity index (χ1) is 16.1. The van der Waals surface area contributed by atoms with Crippen molar-refractivity contribution >= 4 is 11.9 Å². The number of ether oxygens (including phenoxy) is 1. The normalized spacial score (nSPS) is 44.4. The van der Waals surface area contributed by atoms with Gasteiger partial charge >= 0.3 is 5.97 Å². The number of aliphatic hydroxyl groups is 1. The van der Waals surface area contributed by atoms with Crippen LogP contribution in [0, 0.1) is 52.3 Å². The van der Waals surface area contributed by atoms with Gasteiger partial charge in [-0.3, -0.25) is 9.59 Å². The Kier molecular flexibility index (Phi) is 7.72. The van der Waals surface area contributed by atoms with Gasteiger partial charge in [-0.05, 0) is 110 Å². The number of carbonyl (C=O) groups excluding carboxylic acids is 2. The smallest absolute Gasteiger partial charge is 0.325 e. The van der Waals surface area contributed by atoms with Crippen LogP contribution in [0.15, 0.2) is 0 Å². The molecule has 4 aliphatic carbocycles. The fraction of sp³-hybridized carbons (Fsp3) is 0.931. The predicted molar refractivity (Wildman–Crippen MR) is 134 cm³/mol. The lowest BCUT2D eigenvalue weighted by molar-refractivity contribution is -0.152. The predicted octanol–water partition coefficient (Wildman–Crippen LogP) is 5.35. The summed E-state index contributed by atoms with van der Waals surface area (Å²) in [5.41, 5.74) is 0.796. The third kappa shape index (κ3) is 4.55. The third-order valence-electron chi connectivity index (χ3n) is 11.6. The molecule has 4 fully saturated rings. The molecule has 1 amide bonds. The van der Waals surface area contributed by atoms with Crippen molar-refractivity contribution in [2.45, 2.75) is 104 Å². The molecule has 2 N–H and O–H groups in total. The highest BCUT2D eigenvalue weighted by Gasteiger charge is 2.62. The lowest BCUT2D eigenvalue weighted by Crippen LogP contribution is -2.56. The molecule has 0 spiro atoms. The number of carbonyl (C=O) groups is 2. The molecule has 4 rings (SSSR count). The molecule has 5 heteroatoms. The number of methoxy groups -OCH3 is 1. The Morgan fingerprint density at radius 1 is 1.03 bits per heavy atom. The molecule has 0 bridgehead atoms. The van der Waals surface area contributed by atoms with Crippen molar-refractivity contribution in [3.05, 3.63) is 0 Å². The second kappa shape index (κ2) is 10.1. The number of nitrogens with one attached hydrogen (secondary N) is 1. The maximum Gasteiger partial charge on any atom is 0.325 e. The Hall–Kier alpha value is -1.10. The zero-order chi connectivity index (χ0) is 24.7. The van der Waals surface area contributed by atoms with E-state index in [4.69, 9.17) is 0 Å². The fourth-order valence-electron chi connectivity index (χ4n) is 9.80. The van der Waals surface area contributed by atoms with Gasteiger partial charge in [0, 0.05) is 6.42 Å². The van der Waals surface area contributed by atoms with Crippen LogP contribution in [0.25, 0.3) is 0 Å². The van der Waals surface area contributed by atoms with Crippen LogP contribution in [0.4, 0.5) is 0 Å². The van der Waals surface area contributed by atoms with Gasteiger partial charge in [0.2, 0.25) is 5.91 Å². The number of amides is 1. The summed E-state index contributed by atoms with van der Waals surface area (Å²) in [7, 11) is 1.34. The highest BCUT2D eigenvalue weighted by molar-refractivity contribution is 5.81. The lowest BCUT2D eigenvalue weighted by atomic mass is 9.42. The number of hydrogen-bond donors (Lipinski definition) is 2. The summed E-state index contributed by atoms with van der Waals surface area (Å²) in [6, 6.07) is 0. The Balaban J connectivity index is 1.43. The number of hydrogen-bond acceptors (Lipinski definition) is 4. The average molecular weight is 476 g/mol. The summed E-state index contributed by atoms with van der Waals surface area (Å²) in [5.74, 6) is 4.70. The van der Waals surface area contributed by atoms with E-state index < -0.39 is 5.97 Å². The van der Waals surface area contributed by atoms with Gasteiger partial charge in [-0.15, -0.1) is 0 Å². The summed E-state index contributed by atoms with van der Waals surface area (Å²) in [5, 5.41) is 13.2. The van der Waals surface area contributed by atoms with Crippen molar-refractivity contribution in [2.75, 3.05) is 13.7 Å². The first-order valence-electron chi connectivity index (χ1n) is 14.2. The van der Waals surface area contributed by atoms with Crippen molar-refractivity contribution in [1.29, 1.82) is 0 Å². The maximum absolute atomic E-state index is 12.3. The van der Waals surface area contributed by atoms with E-state index in [0.29, 0.717) is 35.0 Å². The number of fused-ring (bicyclic) bond motifs is 5. The average Bonchev–Trinajstić information content (AvgIpc) is 3.18. The van der Waals surface area contributed by atoms with Crippen molar-refractivity contribution < 1.29 is 19.4 Å². The molecule has 0 aliphatic heterocycles. The van der Waals surface area contributed by atoms with Crippen molar-refractivity contribution in [1.82, 2.24) is 5.32 Å². The quantitative estimate of drug-likeness (QED) is 0.487. The van der Waals surface area contributed by atoms with Crippen LogP contribution in [-0.2, 0) is 14.3 Å². The van der Waals surface area contributed by atoms with Crippen LogP contribution in [0.2, 0.25) is 0 Å². The fourth-order valence-corrected chi connectivity index (χ4v) is 9.80. The molecule has 10 atom stereocenters. The third-order valence-corrected chi connectivity index (χ3v) is 11.6. The van der Waals surface area contributed by atoms with E-state index in [1.165, 1.54) is 52.1 Å². The number of rotatable bonds is 7. The Labute approximate surface area is 207 Å². The molecule has 4 aliphatic rings. The van der Waals surface area contributed by atoms with Crippen LogP contribution >= 0.6 is 0 Å². The molecule has 3 unspecified atom stereocenters. The van der Waals surface area contributed by atoms with Crippen LogP contribution < -0.4 is 5.32 Å². The molecule has 0 aromatic heterocycles. The monoisotopic (exact) mass is 475 g/mol. The van der Waals surface area contributed by atoms with E-state index in [9.17, 15) is 14.7 Å². The minimum absolute atomic E-state index is 0.0363. The minimum Gasteiger partial charge on any atom is -0.468 e. The molecule has 0 aromatic rings. The Morgan fingerprint density at radius 3 is 2.44 bits per heavy atom. The second-order valence-corrected chi connectivity index (χ2v) is 12.9. The van der Waals surface area contributed by atoms with Crippen molar-refractivity contribution in [2.24, 2.45) is 52.3 Å². The summed E-state index contributed by atoms with van der Waals surface area (Å²) >= 11 is 0. The van der Waals surface area contributed by atoms with Crippen LogP contribution in [0.1, 0.15) is 98.3 Å². The molecule has 5 nitrogen and oxygen atoms in total.